The van der Waals surface area contributed by atoms with Crippen LogP contribution in [0.3, 0.4) is 0 Å². The van der Waals surface area contributed by atoms with E-state index in [2.05, 4.69) is 11.1 Å². The van der Waals surface area contributed by atoms with Gasteiger partial charge in [0.15, 0.2) is 0 Å². The predicted molar refractivity (Wildman–Crippen MR) is 113 cm³/mol. The Hall–Kier alpha value is -2.34. The van der Waals surface area contributed by atoms with Crippen molar-refractivity contribution in [3.63, 3.8) is 0 Å². The molecule has 0 fully saturated rings. The number of thiophene rings is 1. The Kier molecular flexibility index (Phi) is 4.91. The molecule has 0 aliphatic heterocycles. The molecular formula is C20H14Cl2N2O2S. The van der Waals surface area contributed by atoms with Crippen molar-refractivity contribution in [3.05, 3.63) is 58.8 Å². The maximum absolute atomic E-state index is 12.1. The number of anilines is 2. The minimum absolute atomic E-state index is 0.302. The molecule has 0 aliphatic carbocycles. The zero-order valence-electron chi connectivity index (χ0n) is 14.3. The summed E-state index contributed by atoms with van der Waals surface area (Å²) in [6.07, 6.45) is 3.65. The van der Waals surface area contributed by atoms with E-state index in [0.29, 0.717) is 34.4 Å². The Morgan fingerprint density at radius 3 is 2.59 bits per heavy atom. The summed E-state index contributed by atoms with van der Waals surface area (Å²) < 4.78 is 7.90. The summed E-state index contributed by atoms with van der Waals surface area (Å²) >= 11 is 14.2. The zero-order chi connectivity index (χ0) is 19.0. The fraction of sp³-hybridized carbons (Fsp3) is 0.100. The Morgan fingerprint density at radius 1 is 1.15 bits per heavy atom. The summed E-state index contributed by atoms with van der Waals surface area (Å²) in [6.45, 7) is 2.50. The first-order valence-corrected chi connectivity index (χ1v) is 9.83. The highest BCUT2D eigenvalue weighted by Gasteiger charge is 2.22. The Bertz CT molecular complexity index is 1140. The number of amides is 1. The second kappa shape index (κ2) is 7.35. The van der Waals surface area contributed by atoms with Crippen molar-refractivity contribution in [3.8, 4) is 5.75 Å². The van der Waals surface area contributed by atoms with Crippen LogP contribution in [0.5, 0.6) is 5.75 Å². The van der Waals surface area contributed by atoms with E-state index in [4.69, 9.17) is 27.9 Å². The van der Waals surface area contributed by atoms with Crippen LogP contribution in [0.4, 0.5) is 11.4 Å². The summed E-state index contributed by atoms with van der Waals surface area (Å²) in [5.41, 5.74) is 1.10. The third kappa shape index (κ3) is 3.02. The molecule has 0 atom stereocenters. The minimum Gasteiger partial charge on any atom is -0.492 e. The average Bonchev–Trinajstić information content (AvgIpc) is 3.06. The third-order valence-electron chi connectivity index (χ3n) is 4.20. The molecule has 0 spiro atoms. The van der Waals surface area contributed by atoms with Crippen LogP contribution in [0.1, 0.15) is 6.92 Å². The van der Waals surface area contributed by atoms with Gasteiger partial charge in [0, 0.05) is 27.9 Å². The molecule has 136 valence electrons. The fourth-order valence-corrected chi connectivity index (χ4v) is 4.86. The topological polar surface area (TPSA) is 42.4 Å². The zero-order valence-corrected chi connectivity index (χ0v) is 16.6. The lowest BCUT2D eigenvalue weighted by Crippen LogP contribution is -2.15. The number of carbonyl (C=O) groups is 1. The van der Waals surface area contributed by atoms with Crippen molar-refractivity contribution in [1.29, 1.82) is 0 Å². The largest absolute Gasteiger partial charge is 0.492 e. The summed E-state index contributed by atoms with van der Waals surface area (Å²) in [5, 5.41) is 2.58. The summed E-state index contributed by atoms with van der Waals surface area (Å²) in [4.78, 5) is 17.5. The lowest BCUT2D eigenvalue weighted by atomic mass is 10.1. The van der Waals surface area contributed by atoms with Crippen LogP contribution in [0.2, 0.25) is 10.0 Å². The molecule has 1 amide bonds. The number of hydrogen-bond donors (Lipinski definition) is 0. The first kappa shape index (κ1) is 18.0. The van der Waals surface area contributed by atoms with Crippen molar-refractivity contribution >= 4 is 72.5 Å². The van der Waals surface area contributed by atoms with Crippen LogP contribution in [0.25, 0.3) is 20.2 Å². The van der Waals surface area contributed by atoms with Crippen LogP contribution >= 0.6 is 34.5 Å². The molecule has 4 nitrogen and oxygen atoms in total. The van der Waals surface area contributed by atoms with Gasteiger partial charge < -0.3 is 4.74 Å². The maximum Gasteiger partial charge on any atom is 0.218 e. The van der Waals surface area contributed by atoms with Crippen LogP contribution in [0.15, 0.2) is 48.8 Å². The van der Waals surface area contributed by atoms with Gasteiger partial charge in [-0.15, -0.1) is 11.3 Å². The highest BCUT2D eigenvalue weighted by atomic mass is 35.5. The molecule has 0 aliphatic rings. The van der Waals surface area contributed by atoms with Gasteiger partial charge in [0.2, 0.25) is 6.41 Å². The summed E-state index contributed by atoms with van der Waals surface area (Å²) in [7, 11) is 0. The van der Waals surface area contributed by atoms with Crippen LogP contribution in [-0.4, -0.2) is 18.0 Å². The van der Waals surface area contributed by atoms with E-state index in [9.17, 15) is 4.79 Å². The lowest BCUT2D eigenvalue weighted by Gasteiger charge is -2.21. The van der Waals surface area contributed by atoms with Crippen molar-refractivity contribution in [2.75, 3.05) is 11.5 Å². The van der Waals surface area contributed by atoms with E-state index in [0.717, 1.165) is 25.9 Å². The van der Waals surface area contributed by atoms with Gasteiger partial charge in [-0.2, -0.15) is 0 Å². The van der Waals surface area contributed by atoms with E-state index in [1.54, 1.807) is 11.3 Å². The first-order chi connectivity index (χ1) is 13.2. The quantitative estimate of drug-likeness (QED) is 0.351. The minimum atomic E-state index is 0.302. The SMILES string of the molecule is CCOc1ccc(N(C=O)c2c(Cl)cncc2Cl)c2c1sc1ccccc12. The lowest BCUT2D eigenvalue weighted by molar-refractivity contribution is -0.106. The molecule has 2 aromatic heterocycles. The second-order valence-corrected chi connectivity index (χ2v) is 7.61. The third-order valence-corrected chi connectivity index (χ3v) is 5.94. The Morgan fingerprint density at radius 2 is 1.89 bits per heavy atom. The van der Waals surface area contributed by atoms with Gasteiger partial charge in [0.25, 0.3) is 0 Å². The Balaban J connectivity index is 2.06. The standard InChI is InChI=1S/C20H14Cl2N2O2S/c1-2-26-16-8-7-15(18-12-5-3-4-6-17(12)27-20(16)18)24(11-25)19-13(21)9-23-10-14(19)22/h3-11H,2H2,1H3. The smallest absolute Gasteiger partial charge is 0.218 e. The van der Waals surface area contributed by atoms with E-state index < -0.39 is 0 Å². The van der Waals surface area contributed by atoms with E-state index >= 15 is 0 Å². The molecule has 4 rings (SSSR count). The van der Waals surface area contributed by atoms with Gasteiger partial charge in [0.1, 0.15) is 5.75 Å². The van der Waals surface area contributed by atoms with Crippen LogP contribution < -0.4 is 9.64 Å². The number of fused-ring (bicyclic) bond motifs is 3. The van der Waals surface area contributed by atoms with Gasteiger partial charge in [-0.1, -0.05) is 41.4 Å². The summed E-state index contributed by atoms with van der Waals surface area (Å²) in [5.74, 6) is 0.787. The van der Waals surface area contributed by atoms with Crippen molar-refractivity contribution in [2.24, 2.45) is 0 Å². The van der Waals surface area contributed by atoms with E-state index in [1.807, 2.05) is 37.3 Å². The van der Waals surface area contributed by atoms with Crippen LogP contribution in [0, 0.1) is 0 Å². The van der Waals surface area contributed by atoms with E-state index in [-0.39, 0.29) is 0 Å². The average molecular weight is 417 g/mol. The monoisotopic (exact) mass is 416 g/mol. The molecule has 7 heteroatoms. The fourth-order valence-electron chi connectivity index (χ4n) is 3.12. The molecule has 0 saturated heterocycles. The van der Waals surface area contributed by atoms with Crippen LogP contribution in [-0.2, 0) is 4.79 Å². The highest BCUT2D eigenvalue weighted by molar-refractivity contribution is 7.26. The number of hydrogen-bond acceptors (Lipinski definition) is 4. The Labute approximate surface area is 169 Å². The van der Waals surface area contributed by atoms with Gasteiger partial charge in [-0.05, 0) is 25.1 Å². The van der Waals surface area contributed by atoms with Gasteiger partial charge in [-0.25, -0.2) is 0 Å². The number of carbonyl (C=O) groups excluding carboxylic acids is 1. The number of aromatic nitrogens is 1. The number of nitrogens with zero attached hydrogens (tertiary/aromatic N) is 2. The highest BCUT2D eigenvalue weighted by Crippen LogP contribution is 2.47. The molecule has 4 aromatic rings. The normalized spacial score (nSPS) is 11.1. The van der Waals surface area contributed by atoms with Crippen molar-refractivity contribution < 1.29 is 9.53 Å². The molecule has 0 radical (unpaired) electrons. The van der Waals surface area contributed by atoms with Crippen molar-refractivity contribution in [2.45, 2.75) is 6.92 Å². The maximum atomic E-state index is 12.1. The van der Waals surface area contributed by atoms with Gasteiger partial charge in [0.05, 0.1) is 32.7 Å². The number of pyridine rings is 1. The molecule has 0 N–H and O–H groups in total. The molecule has 0 unspecified atom stereocenters. The predicted octanol–water partition coefficient (Wildman–Crippen LogP) is 6.45. The molecule has 0 saturated carbocycles. The first-order valence-electron chi connectivity index (χ1n) is 8.26. The second-order valence-electron chi connectivity index (χ2n) is 5.75. The van der Waals surface area contributed by atoms with E-state index in [1.165, 1.54) is 17.3 Å². The van der Waals surface area contributed by atoms with Crippen molar-refractivity contribution in [1.82, 2.24) is 4.98 Å². The van der Waals surface area contributed by atoms with Gasteiger partial charge >= 0.3 is 0 Å². The number of halogens is 2. The number of rotatable bonds is 5. The molecule has 2 heterocycles. The molecule has 27 heavy (non-hydrogen) atoms. The van der Waals surface area contributed by atoms with Gasteiger partial charge in [-0.3, -0.25) is 14.7 Å². The molecule has 0 bridgehead atoms. The number of benzene rings is 2. The molecular weight excluding hydrogens is 403 g/mol. The summed E-state index contributed by atoms with van der Waals surface area (Å²) in [6, 6.07) is 11.8. The molecule has 2 aromatic carbocycles. The number of ether oxygens (including phenoxy) is 1.